The lowest BCUT2D eigenvalue weighted by Crippen LogP contribution is -2.53. The average Bonchev–Trinajstić information content (AvgIpc) is 3.04. The Morgan fingerprint density at radius 3 is 2.33 bits per heavy atom. The molecule has 0 spiro atoms. The molecule has 7 heteroatoms. The van der Waals surface area contributed by atoms with Gasteiger partial charge in [-0.15, -0.1) is 0 Å². The Bertz CT molecular complexity index is 835. The first kappa shape index (κ1) is 23.7. The first-order chi connectivity index (χ1) is 16.1. The number of fused-ring (bicyclic) bond motifs is 2. The molecule has 0 radical (unpaired) electrons. The number of carbonyl (C=O) groups is 2. The van der Waals surface area contributed by atoms with Gasteiger partial charge in [0.15, 0.2) is 12.1 Å². The molecular formula is C26H39N5O2. The number of aldehydes is 1. The standard InChI is InChI=1S/C26H39N5O2/c1-30(24-12-8-7-11-23(24)29-26(18-32)28-17-25(27)33)22-15-20-13-14-21(16-22)31(20)19-9-5-3-2-4-6-10-19/h7-8,11-12,18-22H,2-6,9-10,13-17H2,1H3,(H2,27,33)(H,28,29). The number of rotatable bonds is 7. The molecule has 0 aromatic heterocycles. The van der Waals surface area contributed by atoms with E-state index in [0.29, 0.717) is 24.4 Å². The number of para-hydroxylation sites is 2. The van der Waals surface area contributed by atoms with Crippen molar-refractivity contribution in [1.29, 1.82) is 0 Å². The van der Waals surface area contributed by atoms with Crippen LogP contribution < -0.4 is 16.0 Å². The highest BCUT2D eigenvalue weighted by atomic mass is 16.1. The summed E-state index contributed by atoms with van der Waals surface area (Å²) in [6.07, 6.45) is 15.4. The molecule has 180 valence electrons. The first-order valence-corrected chi connectivity index (χ1v) is 12.7. The van der Waals surface area contributed by atoms with Gasteiger partial charge in [0, 0.05) is 31.2 Å². The molecule has 2 saturated heterocycles. The quantitative estimate of drug-likeness (QED) is 0.373. The van der Waals surface area contributed by atoms with Crippen LogP contribution in [0.3, 0.4) is 0 Å². The summed E-state index contributed by atoms with van der Waals surface area (Å²) in [5.41, 5.74) is 7.05. The SMILES string of the molecule is CN(c1ccccc1NC(C=O)=NCC(N)=O)C1CC2CCC(C1)N2C1CCCCCCC1. The number of hydrogen-bond donors (Lipinski definition) is 2. The van der Waals surface area contributed by atoms with E-state index in [1.165, 1.54) is 70.6 Å². The Hall–Kier alpha value is -2.41. The summed E-state index contributed by atoms with van der Waals surface area (Å²) in [4.78, 5) is 31.8. The highest BCUT2D eigenvalue weighted by Crippen LogP contribution is 2.42. The lowest BCUT2D eigenvalue weighted by atomic mass is 9.89. The maximum atomic E-state index is 11.5. The molecule has 1 saturated carbocycles. The summed E-state index contributed by atoms with van der Waals surface area (Å²) in [7, 11) is 2.16. The monoisotopic (exact) mass is 453 g/mol. The molecule has 33 heavy (non-hydrogen) atoms. The Labute approximate surface area is 197 Å². The second-order valence-corrected chi connectivity index (χ2v) is 10.00. The van der Waals surface area contributed by atoms with Crippen LogP contribution in [0, 0.1) is 0 Å². The van der Waals surface area contributed by atoms with Crippen LogP contribution >= 0.6 is 0 Å². The number of benzene rings is 1. The minimum Gasteiger partial charge on any atom is -0.370 e. The molecule has 7 nitrogen and oxygen atoms in total. The van der Waals surface area contributed by atoms with Gasteiger partial charge in [-0.25, -0.2) is 0 Å². The summed E-state index contributed by atoms with van der Waals surface area (Å²) < 4.78 is 0. The molecule has 1 aliphatic carbocycles. The highest BCUT2D eigenvalue weighted by Gasteiger charge is 2.44. The molecule has 3 aliphatic rings. The van der Waals surface area contributed by atoms with Crippen LogP contribution in [0.5, 0.6) is 0 Å². The Morgan fingerprint density at radius 2 is 1.70 bits per heavy atom. The van der Waals surface area contributed by atoms with E-state index in [1.54, 1.807) is 0 Å². The zero-order chi connectivity index (χ0) is 23.2. The van der Waals surface area contributed by atoms with Crippen LogP contribution in [-0.4, -0.2) is 60.7 Å². The van der Waals surface area contributed by atoms with Gasteiger partial charge in [0.1, 0.15) is 6.54 Å². The van der Waals surface area contributed by atoms with Crippen LogP contribution in [0.1, 0.15) is 70.6 Å². The number of amides is 1. The molecule has 1 aromatic carbocycles. The number of carbonyl (C=O) groups excluding carboxylic acids is 2. The van der Waals surface area contributed by atoms with Crippen molar-refractivity contribution >= 4 is 29.4 Å². The van der Waals surface area contributed by atoms with E-state index in [1.807, 2.05) is 18.2 Å². The average molecular weight is 454 g/mol. The molecule has 2 unspecified atom stereocenters. The summed E-state index contributed by atoms with van der Waals surface area (Å²) in [6.45, 7) is -0.206. The van der Waals surface area contributed by atoms with Crippen LogP contribution in [0.25, 0.3) is 0 Å². The van der Waals surface area contributed by atoms with Crippen molar-refractivity contribution in [1.82, 2.24) is 4.90 Å². The first-order valence-electron chi connectivity index (χ1n) is 12.7. The van der Waals surface area contributed by atoms with Crippen molar-refractivity contribution in [2.75, 3.05) is 23.8 Å². The Kier molecular flexibility index (Phi) is 8.02. The van der Waals surface area contributed by atoms with E-state index in [0.717, 1.165) is 17.4 Å². The predicted octanol–water partition coefficient (Wildman–Crippen LogP) is 3.73. The van der Waals surface area contributed by atoms with Gasteiger partial charge in [0.2, 0.25) is 5.91 Å². The van der Waals surface area contributed by atoms with Crippen LogP contribution in [0.2, 0.25) is 0 Å². The molecule has 2 bridgehead atoms. The minimum absolute atomic E-state index is 0.119. The molecule has 1 aromatic rings. The van der Waals surface area contributed by atoms with E-state index >= 15 is 0 Å². The van der Waals surface area contributed by atoms with E-state index in [4.69, 9.17) is 5.73 Å². The summed E-state index contributed by atoms with van der Waals surface area (Å²) >= 11 is 0. The normalized spacial score (nSPS) is 26.9. The van der Waals surface area contributed by atoms with Crippen molar-refractivity contribution in [3.8, 4) is 0 Å². The third-order valence-corrected chi connectivity index (χ3v) is 7.87. The number of amidine groups is 1. The van der Waals surface area contributed by atoms with Gasteiger partial charge in [0.05, 0.1) is 11.4 Å². The van der Waals surface area contributed by atoms with Crippen molar-refractivity contribution in [3.63, 3.8) is 0 Å². The van der Waals surface area contributed by atoms with E-state index in [2.05, 4.69) is 33.2 Å². The summed E-state index contributed by atoms with van der Waals surface area (Å²) in [5, 5.41) is 3.11. The van der Waals surface area contributed by atoms with Gasteiger partial charge in [-0.1, -0.05) is 44.2 Å². The number of nitrogens with one attached hydrogen (secondary N) is 1. The third kappa shape index (κ3) is 5.75. The number of nitrogens with zero attached hydrogens (tertiary/aromatic N) is 3. The largest absolute Gasteiger partial charge is 0.370 e. The summed E-state index contributed by atoms with van der Waals surface area (Å²) in [6, 6.07) is 10.6. The fourth-order valence-electron chi connectivity index (χ4n) is 6.32. The zero-order valence-corrected chi connectivity index (χ0v) is 19.9. The lowest BCUT2D eigenvalue weighted by molar-refractivity contribution is -0.116. The number of primary amides is 1. The summed E-state index contributed by atoms with van der Waals surface area (Å²) in [5.74, 6) is -0.443. The lowest BCUT2D eigenvalue weighted by Gasteiger charge is -2.47. The second-order valence-electron chi connectivity index (χ2n) is 10.00. The fourth-order valence-corrected chi connectivity index (χ4v) is 6.32. The molecule has 3 N–H and O–H groups in total. The zero-order valence-electron chi connectivity index (χ0n) is 19.9. The highest BCUT2D eigenvalue weighted by molar-refractivity contribution is 6.33. The second kappa shape index (κ2) is 11.1. The van der Waals surface area contributed by atoms with Gasteiger partial charge < -0.3 is 16.0 Å². The predicted molar refractivity (Wildman–Crippen MR) is 134 cm³/mol. The van der Waals surface area contributed by atoms with Crippen LogP contribution in [0.4, 0.5) is 11.4 Å². The Balaban J connectivity index is 1.45. The van der Waals surface area contributed by atoms with E-state index in [9.17, 15) is 9.59 Å². The number of aliphatic imine (C=N–C) groups is 1. The van der Waals surface area contributed by atoms with Crippen molar-refractivity contribution < 1.29 is 9.59 Å². The molecule has 3 fully saturated rings. The van der Waals surface area contributed by atoms with E-state index in [-0.39, 0.29) is 12.4 Å². The molecule has 2 atom stereocenters. The number of piperidine rings is 1. The minimum atomic E-state index is -0.562. The van der Waals surface area contributed by atoms with Crippen LogP contribution in [-0.2, 0) is 9.59 Å². The van der Waals surface area contributed by atoms with Gasteiger partial charge >= 0.3 is 0 Å². The van der Waals surface area contributed by atoms with Crippen molar-refractivity contribution in [2.24, 2.45) is 10.7 Å². The van der Waals surface area contributed by atoms with Gasteiger partial charge in [-0.05, 0) is 50.7 Å². The van der Waals surface area contributed by atoms with Gasteiger partial charge in [0.25, 0.3) is 0 Å². The number of hydrogen-bond acceptors (Lipinski definition) is 5. The van der Waals surface area contributed by atoms with Crippen LogP contribution in [0.15, 0.2) is 29.3 Å². The van der Waals surface area contributed by atoms with Crippen molar-refractivity contribution in [3.05, 3.63) is 24.3 Å². The number of nitrogens with two attached hydrogens (primary N) is 1. The smallest absolute Gasteiger partial charge is 0.239 e. The molecule has 2 heterocycles. The maximum Gasteiger partial charge on any atom is 0.239 e. The van der Waals surface area contributed by atoms with E-state index < -0.39 is 5.91 Å². The maximum absolute atomic E-state index is 11.5. The molecule has 1 amide bonds. The molecule has 4 rings (SSSR count). The fraction of sp³-hybridized carbons (Fsp3) is 0.654. The number of anilines is 2. The molecule has 2 aliphatic heterocycles. The van der Waals surface area contributed by atoms with Gasteiger partial charge in [-0.3, -0.25) is 19.5 Å². The Morgan fingerprint density at radius 1 is 1.06 bits per heavy atom. The third-order valence-electron chi connectivity index (χ3n) is 7.87. The van der Waals surface area contributed by atoms with Crippen molar-refractivity contribution in [2.45, 2.75) is 94.8 Å². The molecular weight excluding hydrogens is 414 g/mol. The van der Waals surface area contributed by atoms with Gasteiger partial charge in [-0.2, -0.15) is 0 Å². The topological polar surface area (TPSA) is 91.0 Å².